The summed E-state index contributed by atoms with van der Waals surface area (Å²) in [5, 5.41) is 2.91. The molecule has 198 valence electrons. The molecular formula is C32H35NO5. The van der Waals surface area contributed by atoms with Crippen molar-refractivity contribution in [3.05, 3.63) is 101 Å². The molecular weight excluding hydrogens is 478 g/mol. The second-order valence-corrected chi connectivity index (χ2v) is 9.55. The summed E-state index contributed by atoms with van der Waals surface area (Å²) in [6, 6.07) is 24.6. The molecule has 1 amide bonds. The first kappa shape index (κ1) is 27.1. The quantitative estimate of drug-likeness (QED) is 0.267. The maximum absolute atomic E-state index is 13.5. The number of carbonyl (C=O) groups excluding carboxylic acids is 3. The fourth-order valence-electron chi connectivity index (χ4n) is 5.51. The number of fused-ring (bicyclic) bond motifs is 1. The molecule has 2 atom stereocenters. The van der Waals surface area contributed by atoms with E-state index in [-0.39, 0.29) is 23.6 Å². The van der Waals surface area contributed by atoms with Gasteiger partial charge in [-0.15, -0.1) is 0 Å². The average molecular weight is 514 g/mol. The van der Waals surface area contributed by atoms with Crippen LogP contribution in [0.1, 0.15) is 72.0 Å². The Morgan fingerprint density at radius 2 is 1.63 bits per heavy atom. The molecule has 0 aromatic heterocycles. The maximum atomic E-state index is 13.5. The first-order valence-electron chi connectivity index (χ1n) is 13.3. The summed E-state index contributed by atoms with van der Waals surface area (Å²) in [5.41, 5.74) is 2.23. The normalized spacial score (nSPS) is 18.2. The number of ether oxygens (including phenoxy) is 2. The van der Waals surface area contributed by atoms with Crippen molar-refractivity contribution < 1.29 is 23.9 Å². The minimum atomic E-state index is -0.923. The number of para-hydroxylation sites is 1. The molecule has 0 spiro atoms. The number of hydrogen-bond acceptors (Lipinski definition) is 5. The van der Waals surface area contributed by atoms with Gasteiger partial charge in [0.25, 0.3) is 5.91 Å². The summed E-state index contributed by atoms with van der Waals surface area (Å²) in [4.78, 5) is 39.3. The van der Waals surface area contributed by atoms with Crippen molar-refractivity contribution in [2.24, 2.45) is 0 Å². The van der Waals surface area contributed by atoms with Crippen molar-refractivity contribution in [1.82, 2.24) is 5.32 Å². The smallest absolute Gasteiger partial charge is 0.321 e. The van der Waals surface area contributed by atoms with E-state index in [1.807, 2.05) is 67.6 Å². The summed E-state index contributed by atoms with van der Waals surface area (Å²) in [5.74, 6) is -0.0215. The van der Waals surface area contributed by atoms with Crippen LogP contribution in [-0.4, -0.2) is 37.9 Å². The molecule has 38 heavy (non-hydrogen) atoms. The monoisotopic (exact) mass is 513 g/mol. The van der Waals surface area contributed by atoms with E-state index in [0.717, 1.165) is 16.7 Å². The van der Waals surface area contributed by atoms with Crippen LogP contribution in [0.25, 0.3) is 0 Å². The summed E-state index contributed by atoms with van der Waals surface area (Å²) in [6.45, 7) is 2.59. The minimum Gasteiger partial charge on any atom is -0.496 e. The SMILES string of the molecule is CCOC(=O)[C@]1(c2ccccc2)CC[C@@H](C(=O)CCCCNC(=O)c2ccccc2OC)c2ccccc21. The van der Waals surface area contributed by atoms with Gasteiger partial charge in [0.2, 0.25) is 0 Å². The van der Waals surface area contributed by atoms with Crippen LogP contribution >= 0.6 is 0 Å². The zero-order valence-corrected chi connectivity index (χ0v) is 22.1. The van der Waals surface area contributed by atoms with E-state index in [0.29, 0.717) is 56.6 Å². The molecule has 1 aliphatic carbocycles. The van der Waals surface area contributed by atoms with Crippen LogP contribution < -0.4 is 10.1 Å². The van der Waals surface area contributed by atoms with E-state index in [1.165, 1.54) is 7.11 Å². The fourth-order valence-corrected chi connectivity index (χ4v) is 5.51. The Balaban J connectivity index is 1.43. The third-order valence-electron chi connectivity index (χ3n) is 7.37. The molecule has 0 saturated carbocycles. The van der Waals surface area contributed by atoms with Gasteiger partial charge in [0.05, 0.1) is 19.3 Å². The summed E-state index contributed by atoms with van der Waals surface area (Å²) < 4.78 is 10.8. The summed E-state index contributed by atoms with van der Waals surface area (Å²) >= 11 is 0. The van der Waals surface area contributed by atoms with Crippen LogP contribution in [0.2, 0.25) is 0 Å². The molecule has 0 unspecified atom stereocenters. The van der Waals surface area contributed by atoms with E-state index < -0.39 is 5.41 Å². The molecule has 0 aliphatic heterocycles. The van der Waals surface area contributed by atoms with Gasteiger partial charge >= 0.3 is 5.97 Å². The van der Waals surface area contributed by atoms with Crippen LogP contribution in [0, 0.1) is 0 Å². The number of hydrogen-bond donors (Lipinski definition) is 1. The fraction of sp³-hybridized carbons (Fsp3) is 0.344. The zero-order valence-electron chi connectivity index (χ0n) is 22.1. The lowest BCUT2D eigenvalue weighted by Gasteiger charge is -2.40. The molecule has 1 N–H and O–H groups in total. The van der Waals surface area contributed by atoms with Crippen LogP contribution in [-0.2, 0) is 19.7 Å². The van der Waals surface area contributed by atoms with Crippen molar-refractivity contribution in [3.8, 4) is 5.75 Å². The lowest BCUT2D eigenvalue weighted by atomic mass is 9.62. The first-order chi connectivity index (χ1) is 18.5. The molecule has 4 rings (SSSR count). The molecule has 6 heteroatoms. The average Bonchev–Trinajstić information content (AvgIpc) is 2.96. The molecule has 0 fully saturated rings. The van der Waals surface area contributed by atoms with Gasteiger partial charge in [-0.25, -0.2) is 0 Å². The van der Waals surface area contributed by atoms with Gasteiger partial charge in [-0.3, -0.25) is 14.4 Å². The van der Waals surface area contributed by atoms with E-state index >= 15 is 0 Å². The Morgan fingerprint density at radius 3 is 2.39 bits per heavy atom. The van der Waals surface area contributed by atoms with Crippen LogP contribution in [0.15, 0.2) is 78.9 Å². The Kier molecular flexibility index (Phi) is 8.95. The molecule has 3 aromatic rings. The zero-order chi connectivity index (χ0) is 27.0. The summed E-state index contributed by atoms with van der Waals surface area (Å²) in [6.07, 6.45) is 2.87. The predicted molar refractivity (Wildman–Crippen MR) is 146 cm³/mol. The minimum absolute atomic E-state index is 0.166. The van der Waals surface area contributed by atoms with E-state index in [2.05, 4.69) is 5.32 Å². The topological polar surface area (TPSA) is 81.7 Å². The number of nitrogens with one attached hydrogen (secondary N) is 1. The van der Waals surface area contributed by atoms with Crippen molar-refractivity contribution >= 4 is 17.7 Å². The first-order valence-corrected chi connectivity index (χ1v) is 13.3. The number of methoxy groups -OCH3 is 1. The number of benzene rings is 3. The van der Waals surface area contributed by atoms with Crippen LogP contribution in [0.4, 0.5) is 0 Å². The highest BCUT2D eigenvalue weighted by atomic mass is 16.5. The van der Waals surface area contributed by atoms with Crippen molar-refractivity contribution in [2.75, 3.05) is 20.3 Å². The second kappa shape index (κ2) is 12.5. The highest BCUT2D eigenvalue weighted by Crippen LogP contribution is 2.48. The van der Waals surface area contributed by atoms with Gasteiger partial charge in [-0.2, -0.15) is 0 Å². The highest BCUT2D eigenvalue weighted by Gasteiger charge is 2.49. The highest BCUT2D eigenvalue weighted by molar-refractivity contribution is 5.97. The van der Waals surface area contributed by atoms with Crippen LogP contribution in [0.5, 0.6) is 5.75 Å². The molecule has 0 heterocycles. The van der Waals surface area contributed by atoms with Gasteiger partial charge in [-0.05, 0) is 61.4 Å². The number of unbranched alkanes of at least 4 members (excludes halogenated alkanes) is 1. The van der Waals surface area contributed by atoms with Crippen LogP contribution in [0.3, 0.4) is 0 Å². The standard InChI is InChI=1S/C32H35NO5/c1-3-38-31(36)32(23-13-5-4-6-14-23)21-20-25(24-15-7-9-17-27(24)32)28(34)18-11-12-22-33-30(35)26-16-8-10-19-29(26)37-2/h4-10,13-17,19,25H,3,11-12,18,20-22H2,1-2H3,(H,33,35)/t25-,32+/m1/s1. The molecule has 1 aliphatic rings. The Hall–Kier alpha value is -3.93. The molecule has 6 nitrogen and oxygen atoms in total. The lowest BCUT2D eigenvalue weighted by Crippen LogP contribution is -2.43. The number of rotatable bonds is 11. The van der Waals surface area contributed by atoms with Gasteiger partial charge in [0, 0.05) is 18.9 Å². The largest absolute Gasteiger partial charge is 0.496 e. The molecule has 0 radical (unpaired) electrons. The predicted octanol–water partition coefficient (Wildman–Crippen LogP) is 5.59. The molecule has 3 aromatic carbocycles. The molecule has 0 saturated heterocycles. The van der Waals surface area contributed by atoms with E-state index in [9.17, 15) is 14.4 Å². The lowest BCUT2D eigenvalue weighted by molar-refractivity contribution is -0.149. The van der Waals surface area contributed by atoms with E-state index in [1.54, 1.807) is 18.2 Å². The Labute approximate surface area is 224 Å². The Morgan fingerprint density at radius 1 is 0.921 bits per heavy atom. The second-order valence-electron chi connectivity index (χ2n) is 9.55. The Bertz CT molecular complexity index is 1270. The van der Waals surface area contributed by atoms with E-state index in [4.69, 9.17) is 9.47 Å². The number of Topliss-reactive ketones (excluding diaryl/α,β-unsaturated/α-hetero) is 1. The van der Waals surface area contributed by atoms with Crippen molar-refractivity contribution in [1.29, 1.82) is 0 Å². The van der Waals surface area contributed by atoms with Crippen molar-refractivity contribution in [2.45, 2.75) is 50.4 Å². The van der Waals surface area contributed by atoms with Gasteiger partial charge in [0.15, 0.2) is 0 Å². The number of esters is 1. The molecule has 0 bridgehead atoms. The van der Waals surface area contributed by atoms with Gasteiger partial charge in [-0.1, -0.05) is 66.7 Å². The van der Waals surface area contributed by atoms with Gasteiger partial charge < -0.3 is 14.8 Å². The van der Waals surface area contributed by atoms with Gasteiger partial charge in [0.1, 0.15) is 16.9 Å². The summed E-state index contributed by atoms with van der Waals surface area (Å²) in [7, 11) is 1.54. The third kappa shape index (κ3) is 5.49. The number of carbonyl (C=O) groups is 3. The third-order valence-corrected chi connectivity index (χ3v) is 7.37. The number of ketones is 1. The maximum Gasteiger partial charge on any atom is 0.321 e. The van der Waals surface area contributed by atoms with Crippen molar-refractivity contribution in [3.63, 3.8) is 0 Å². The number of amides is 1.